The van der Waals surface area contributed by atoms with Crippen molar-refractivity contribution >= 4 is 38.9 Å². The average molecular weight is 441 g/mol. The highest BCUT2D eigenvalue weighted by atomic mass is 32.3. The Hall–Kier alpha value is -2.81. The summed E-state index contributed by atoms with van der Waals surface area (Å²) in [6, 6.07) is 15.7. The van der Waals surface area contributed by atoms with Crippen LogP contribution in [0.2, 0.25) is 0 Å². The summed E-state index contributed by atoms with van der Waals surface area (Å²) in [6.45, 7) is 5.72. The molecule has 0 fully saturated rings. The van der Waals surface area contributed by atoms with E-state index in [4.69, 9.17) is 4.98 Å². The number of anilines is 2. The van der Waals surface area contributed by atoms with Crippen molar-refractivity contribution in [3.8, 4) is 0 Å². The highest BCUT2D eigenvalue weighted by molar-refractivity contribution is 8.24. The Labute approximate surface area is 183 Å². The molecule has 0 atom stereocenters. The van der Waals surface area contributed by atoms with Crippen LogP contribution in [0.5, 0.6) is 0 Å². The first-order chi connectivity index (χ1) is 14.8. The summed E-state index contributed by atoms with van der Waals surface area (Å²) in [5, 5.41) is 7.25. The van der Waals surface area contributed by atoms with Gasteiger partial charge >= 0.3 is 0 Å². The molecule has 31 heavy (non-hydrogen) atoms. The smallest absolute Gasteiger partial charge is 0.216 e. The maximum atomic E-state index is 11.2. The molecule has 1 aliphatic heterocycles. The standard InChI is InChI=1S/C23H28N4O3S/c1-16-7-8-20-19(13-16)21(25-10-9-24-17(2)28)14-23(26-20)27-11-12-31(29,30)22-6-4-3-5-18(22)15-27/h3-8,13-14,29-30H,9-12,15H2,1-2H3,(H,24,28)(H,25,26). The third-order valence-electron chi connectivity index (χ3n) is 5.42. The second-order valence-electron chi connectivity index (χ2n) is 7.86. The molecule has 0 saturated heterocycles. The fraction of sp³-hybridized carbons (Fsp3) is 0.304. The molecule has 7 nitrogen and oxygen atoms in total. The zero-order valence-corrected chi connectivity index (χ0v) is 18.6. The van der Waals surface area contributed by atoms with Crippen LogP contribution in [-0.4, -0.2) is 45.4 Å². The quantitative estimate of drug-likeness (QED) is 0.444. The summed E-state index contributed by atoms with van der Waals surface area (Å²) in [5.41, 5.74) is 3.86. The summed E-state index contributed by atoms with van der Waals surface area (Å²) >= 11 is 0. The number of nitrogens with one attached hydrogen (secondary N) is 2. The van der Waals surface area contributed by atoms with Gasteiger partial charge in [-0.15, -0.1) is 0 Å². The van der Waals surface area contributed by atoms with E-state index >= 15 is 0 Å². The maximum Gasteiger partial charge on any atom is 0.216 e. The van der Waals surface area contributed by atoms with E-state index in [2.05, 4.69) is 21.6 Å². The van der Waals surface area contributed by atoms with Gasteiger partial charge in [0.25, 0.3) is 0 Å². The number of carbonyl (C=O) groups is 1. The van der Waals surface area contributed by atoms with Crippen LogP contribution >= 0.6 is 10.6 Å². The molecule has 1 aliphatic rings. The molecule has 2 heterocycles. The molecule has 0 saturated carbocycles. The number of hydrogen-bond acceptors (Lipinski definition) is 6. The van der Waals surface area contributed by atoms with E-state index in [1.54, 1.807) is 6.07 Å². The molecular weight excluding hydrogens is 412 g/mol. The van der Waals surface area contributed by atoms with Gasteiger partial charge in [-0.2, -0.15) is 10.6 Å². The summed E-state index contributed by atoms with van der Waals surface area (Å²) in [5.74, 6) is 0.994. The normalized spacial score (nSPS) is 16.3. The fourth-order valence-corrected chi connectivity index (χ4v) is 5.39. The number of benzene rings is 2. The molecule has 4 N–H and O–H groups in total. The number of aromatic nitrogens is 1. The van der Waals surface area contributed by atoms with Crippen LogP contribution < -0.4 is 15.5 Å². The number of aryl methyl sites for hydroxylation is 1. The molecule has 0 unspecified atom stereocenters. The van der Waals surface area contributed by atoms with Gasteiger partial charge in [0.2, 0.25) is 5.91 Å². The summed E-state index contributed by atoms with van der Waals surface area (Å²) in [6.07, 6.45) is 0. The van der Waals surface area contributed by atoms with Crippen molar-refractivity contribution in [1.29, 1.82) is 0 Å². The summed E-state index contributed by atoms with van der Waals surface area (Å²) < 4.78 is 21.3. The van der Waals surface area contributed by atoms with Crippen LogP contribution in [0.1, 0.15) is 18.1 Å². The Balaban J connectivity index is 1.69. The minimum Gasteiger partial charge on any atom is -0.383 e. The van der Waals surface area contributed by atoms with Crippen molar-refractivity contribution in [2.45, 2.75) is 25.3 Å². The Morgan fingerprint density at radius 1 is 1.16 bits per heavy atom. The molecule has 1 aromatic heterocycles. The van der Waals surface area contributed by atoms with E-state index in [-0.39, 0.29) is 11.7 Å². The molecule has 0 aliphatic carbocycles. The van der Waals surface area contributed by atoms with E-state index in [0.29, 0.717) is 31.1 Å². The molecule has 0 radical (unpaired) electrons. The minimum absolute atomic E-state index is 0.0554. The Morgan fingerprint density at radius 2 is 1.97 bits per heavy atom. The van der Waals surface area contributed by atoms with E-state index in [9.17, 15) is 13.9 Å². The van der Waals surface area contributed by atoms with Crippen LogP contribution in [0.4, 0.5) is 11.5 Å². The fourth-order valence-electron chi connectivity index (χ4n) is 3.85. The lowest BCUT2D eigenvalue weighted by Gasteiger charge is -2.32. The van der Waals surface area contributed by atoms with E-state index in [1.807, 2.05) is 43.3 Å². The van der Waals surface area contributed by atoms with Crippen molar-refractivity contribution in [2.75, 3.05) is 35.6 Å². The second-order valence-corrected chi connectivity index (χ2v) is 10.0. The van der Waals surface area contributed by atoms with Crippen molar-refractivity contribution in [3.05, 3.63) is 59.7 Å². The third-order valence-corrected chi connectivity index (χ3v) is 7.28. The van der Waals surface area contributed by atoms with E-state index in [1.165, 1.54) is 6.92 Å². The first-order valence-electron chi connectivity index (χ1n) is 10.3. The van der Waals surface area contributed by atoms with Gasteiger partial charge in [0.1, 0.15) is 5.82 Å². The number of fused-ring (bicyclic) bond motifs is 2. The van der Waals surface area contributed by atoms with Gasteiger partial charge < -0.3 is 15.5 Å². The molecule has 164 valence electrons. The van der Waals surface area contributed by atoms with Gasteiger partial charge in [0.05, 0.1) is 16.2 Å². The topological polar surface area (TPSA) is 97.7 Å². The Kier molecular flexibility index (Phi) is 6.04. The number of amides is 1. The zero-order valence-electron chi connectivity index (χ0n) is 17.8. The van der Waals surface area contributed by atoms with E-state index < -0.39 is 10.6 Å². The highest BCUT2D eigenvalue weighted by Crippen LogP contribution is 2.51. The van der Waals surface area contributed by atoms with Crippen molar-refractivity contribution < 1.29 is 13.9 Å². The second kappa shape index (κ2) is 8.74. The average Bonchev–Trinajstić information content (AvgIpc) is 2.87. The number of pyridine rings is 1. The zero-order chi connectivity index (χ0) is 22.0. The van der Waals surface area contributed by atoms with E-state index in [0.717, 1.165) is 33.5 Å². The predicted molar refractivity (Wildman–Crippen MR) is 127 cm³/mol. The summed E-state index contributed by atoms with van der Waals surface area (Å²) in [4.78, 5) is 18.8. The Bertz CT molecular complexity index is 1120. The molecule has 0 spiro atoms. The van der Waals surface area contributed by atoms with Gasteiger partial charge in [-0.1, -0.05) is 29.8 Å². The number of carbonyl (C=O) groups excluding carboxylic acids is 1. The van der Waals surface area contributed by atoms with Gasteiger partial charge in [-0.3, -0.25) is 13.9 Å². The molecule has 3 aromatic rings. The van der Waals surface area contributed by atoms with Gasteiger partial charge in [-0.05, 0) is 30.7 Å². The largest absolute Gasteiger partial charge is 0.383 e. The van der Waals surface area contributed by atoms with Crippen LogP contribution in [0.25, 0.3) is 10.9 Å². The third kappa shape index (κ3) is 4.76. The van der Waals surface area contributed by atoms with Gasteiger partial charge in [-0.25, -0.2) is 4.98 Å². The van der Waals surface area contributed by atoms with Crippen LogP contribution in [0, 0.1) is 6.92 Å². The molecule has 1 amide bonds. The minimum atomic E-state index is -2.83. The number of nitrogens with zero attached hydrogens (tertiary/aromatic N) is 2. The monoisotopic (exact) mass is 440 g/mol. The number of rotatable bonds is 5. The molecule has 4 rings (SSSR count). The van der Waals surface area contributed by atoms with Crippen molar-refractivity contribution in [1.82, 2.24) is 10.3 Å². The first kappa shape index (κ1) is 21.4. The SMILES string of the molecule is CC(=O)NCCNc1cc(N2CCS(O)(O)c3ccccc3C2)nc2ccc(C)cc12. The van der Waals surface area contributed by atoms with Crippen LogP contribution in [0.3, 0.4) is 0 Å². The molecule has 0 bridgehead atoms. The van der Waals surface area contributed by atoms with Crippen LogP contribution in [-0.2, 0) is 11.3 Å². The lowest BCUT2D eigenvalue weighted by Crippen LogP contribution is -2.27. The van der Waals surface area contributed by atoms with Crippen molar-refractivity contribution in [2.24, 2.45) is 0 Å². The Morgan fingerprint density at radius 3 is 2.77 bits per heavy atom. The molecular formula is C23H28N4O3S. The lowest BCUT2D eigenvalue weighted by atomic mass is 10.1. The summed E-state index contributed by atoms with van der Waals surface area (Å²) in [7, 11) is -2.83. The van der Waals surface area contributed by atoms with Crippen LogP contribution in [0.15, 0.2) is 53.4 Å². The lowest BCUT2D eigenvalue weighted by molar-refractivity contribution is -0.118. The number of hydrogen-bond donors (Lipinski definition) is 4. The molecule has 2 aromatic carbocycles. The predicted octanol–water partition coefficient (Wildman–Crippen LogP) is 4.22. The maximum absolute atomic E-state index is 11.2. The first-order valence-corrected chi connectivity index (χ1v) is 12.0. The van der Waals surface area contributed by atoms with Crippen molar-refractivity contribution in [3.63, 3.8) is 0 Å². The van der Waals surface area contributed by atoms with Gasteiger partial charge in [0, 0.05) is 50.2 Å². The van der Waals surface area contributed by atoms with Gasteiger partial charge in [0.15, 0.2) is 0 Å². The highest BCUT2D eigenvalue weighted by Gasteiger charge is 2.26. The molecule has 8 heteroatoms.